The fraction of sp³-hybridized carbons (Fsp3) is 0.222. The van der Waals surface area contributed by atoms with Crippen molar-refractivity contribution in [3.8, 4) is 22.3 Å². The van der Waals surface area contributed by atoms with Crippen LogP contribution < -0.4 is 10.6 Å². The van der Waals surface area contributed by atoms with Crippen LogP contribution in [0.25, 0.3) is 33.2 Å². The van der Waals surface area contributed by atoms with Crippen LogP contribution in [0.15, 0.2) is 73.1 Å². The number of aromatic nitrogens is 2. The van der Waals surface area contributed by atoms with Crippen LogP contribution in [0.4, 0.5) is 11.5 Å². The average molecular weight is 440 g/mol. The van der Waals surface area contributed by atoms with Crippen molar-refractivity contribution in [3.63, 3.8) is 0 Å². The molecule has 1 aliphatic rings. The Morgan fingerprint density at radius 1 is 0.818 bits per heavy atom. The highest BCUT2D eigenvalue weighted by molar-refractivity contribution is 5.97. The summed E-state index contributed by atoms with van der Waals surface area (Å²) in [5, 5.41) is 1.14. The van der Waals surface area contributed by atoms with E-state index in [0.717, 1.165) is 54.5 Å². The second kappa shape index (κ2) is 10.2. The Bertz CT molecular complexity index is 1230. The van der Waals surface area contributed by atoms with Crippen molar-refractivity contribution in [1.29, 1.82) is 0 Å². The Hall–Kier alpha value is -3.77. The number of pyridine rings is 2. The molecule has 0 unspecified atom stereocenters. The van der Waals surface area contributed by atoms with Crippen molar-refractivity contribution >= 4 is 28.7 Å². The number of nitrogen functional groups attached to an aromatic ring is 1. The van der Waals surface area contributed by atoms with Gasteiger partial charge in [0.15, 0.2) is 0 Å². The van der Waals surface area contributed by atoms with E-state index < -0.39 is 0 Å². The van der Waals surface area contributed by atoms with Crippen LogP contribution in [0, 0.1) is 0 Å². The van der Waals surface area contributed by atoms with Crippen LogP contribution in [-0.4, -0.2) is 54.4 Å². The first-order chi connectivity index (χ1) is 16.1. The molecule has 1 fully saturated rings. The van der Waals surface area contributed by atoms with Crippen molar-refractivity contribution in [3.05, 3.63) is 73.1 Å². The first kappa shape index (κ1) is 22.4. The number of carbonyl (C=O) groups is 1. The van der Waals surface area contributed by atoms with Crippen LogP contribution in [0.2, 0.25) is 0 Å². The summed E-state index contributed by atoms with van der Waals surface area (Å²) in [4.78, 5) is 22.3. The van der Waals surface area contributed by atoms with E-state index in [1.807, 2.05) is 18.3 Å². The molecule has 6 heteroatoms. The van der Waals surface area contributed by atoms with Gasteiger partial charge in [-0.1, -0.05) is 18.2 Å². The molecule has 5 rings (SSSR count). The zero-order valence-corrected chi connectivity index (χ0v) is 19.1. The highest BCUT2D eigenvalue weighted by Gasteiger charge is 2.14. The van der Waals surface area contributed by atoms with Crippen molar-refractivity contribution in [2.45, 2.75) is 6.92 Å². The van der Waals surface area contributed by atoms with Gasteiger partial charge in [0.1, 0.15) is 12.1 Å². The summed E-state index contributed by atoms with van der Waals surface area (Å²) in [6.07, 6.45) is 4.38. The predicted octanol–water partition coefficient (Wildman–Crippen LogP) is 4.50. The number of nitrogens with two attached hydrogens (primary N) is 1. The Morgan fingerprint density at radius 2 is 1.45 bits per heavy atom. The van der Waals surface area contributed by atoms with Crippen LogP contribution in [0.5, 0.6) is 0 Å². The fourth-order valence-corrected chi connectivity index (χ4v) is 4.12. The summed E-state index contributed by atoms with van der Waals surface area (Å²) in [7, 11) is 2.18. The van der Waals surface area contributed by atoms with Crippen molar-refractivity contribution in [2.24, 2.45) is 0 Å². The van der Waals surface area contributed by atoms with Gasteiger partial charge in [0, 0.05) is 49.6 Å². The molecule has 0 atom stereocenters. The van der Waals surface area contributed by atoms with E-state index in [4.69, 9.17) is 10.5 Å². The van der Waals surface area contributed by atoms with Crippen LogP contribution >= 0.6 is 0 Å². The SMILES string of the molecule is CC=O.CN1CCN(c2ccc(-c3ccnc4ccc(-c5ccnc(N)c5)cc34)cc2)CC1. The van der Waals surface area contributed by atoms with Gasteiger partial charge in [-0.05, 0) is 78.7 Å². The minimum Gasteiger partial charge on any atom is -0.384 e. The molecule has 2 aromatic carbocycles. The number of nitrogens with zero attached hydrogens (tertiary/aromatic N) is 4. The Morgan fingerprint density at radius 3 is 2.15 bits per heavy atom. The molecular weight excluding hydrogens is 410 g/mol. The molecular formula is C27H29N5O. The van der Waals surface area contributed by atoms with Crippen molar-refractivity contribution in [2.75, 3.05) is 43.9 Å². The third-order valence-electron chi connectivity index (χ3n) is 5.90. The van der Waals surface area contributed by atoms with Gasteiger partial charge in [0.2, 0.25) is 0 Å². The lowest BCUT2D eigenvalue weighted by molar-refractivity contribution is -0.106. The van der Waals surface area contributed by atoms with E-state index in [-0.39, 0.29) is 0 Å². The lowest BCUT2D eigenvalue weighted by Crippen LogP contribution is -2.44. The molecule has 1 aliphatic heterocycles. The molecule has 6 nitrogen and oxygen atoms in total. The second-order valence-electron chi connectivity index (χ2n) is 8.13. The molecule has 2 aromatic heterocycles. The van der Waals surface area contributed by atoms with E-state index >= 15 is 0 Å². The molecule has 33 heavy (non-hydrogen) atoms. The highest BCUT2D eigenvalue weighted by atomic mass is 16.1. The number of hydrogen-bond donors (Lipinski definition) is 1. The normalized spacial score (nSPS) is 13.9. The molecule has 2 N–H and O–H groups in total. The molecule has 1 saturated heterocycles. The molecule has 0 amide bonds. The fourth-order valence-electron chi connectivity index (χ4n) is 4.12. The third kappa shape index (κ3) is 5.18. The van der Waals surface area contributed by atoms with Gasteiger partial charge in [-0.3, -0.25) is 4.98 Å². The number of fused-ring (bicyclic) bond motifs is 1. The number of carbonyl (C=O) groups excluding carboxylic acids is 1. The van der Waals surface area contributed by atoms with Gasteiger partial charge in [0.05, 0.1) is 5.52 Å². The van der Waals surface area contributed by atoms with Gasteiger partial charge in [-0.15, -0.1) is 0 Å². The van der Waals surface area contributed by atoms with Gasteiger partial charge < -0.3 is 20.3 Å². The number of benzene rings is 2. The maximum atomic E-state index is 8.81. The Kier molecular flexibility index (Phi) is 6.95. The van der Waals surface area contributed by atoms with Crippen LogP contribution in [0.1, 0.15) is 6.92 Å². The molecule has 0 bridgehead atoms. The topological polar surface area (TPSA) is 75.4 Å². The highest BCUT2D eigenvalue weighted by Crippen LogP contribution is 2.32. The number of hydrogen-bond acceptors (Lipinski definition) is 6. The van der Waals surface area contributed by atoms with Gasteiger partial charge in [-0.25, -0.2) is 4.98 Å². The quantitative estimate of drug-likeness (QED) is 0.474. The van der Waals surface area contributed by atoms with E-state index in [0.29, 0.717) is 5.82 Å². The maximum absolute atomic E-state index is 8.81. The summed E-state index contributed by atoms with van der Waals surface area (Å²) in [5.41, 5.74) is 12.7. The lowest BCUT2D eigenvalue weighted by atomic mass is 9.97. The number of aldehydes is 1. The number of likely N-dealkylation sites (N-methyl/N-ethyl adjacent to an activating group) is 1. The summed E-state index contributed by atoms with van der Waals surface area (Å²) in [5.74, 6) is 0.526. The van der Waals surface area contributed by atoms with Gasteiger partial charge >= 0.3 is 0 Å². The predicted molar refractivity (Wildman–Crippen MR) is 136 cm³/mol. The summed E-state index contributed by atoms with van der Waals surface area (Å²) >= 11 is 0. The van der Waals surface area contributed by atoms with Crippen molar-refractivity contribution < 1.29 is 4.79 Å². The maximum Gasteiger partial charge on any atom is 0.123 e. The van der Waals surface area contributed by atoms with E-state index in [9.17, 15) is 0 Å². The van der Waals surface area contributed by atoms with Gasteiger partial charge in [-0.2, -0.15) is 0 Å². The minimum atomic E-state index is 0.526. The molecule has 0 radical (unpaired) electrons. The molecule has 0 aliphatic carbocycles. The zero-order chi connectivity index (χ0) is 23.2. The van der Waals surface area contributed by atoms with Crippen molar-refractivity contribution in [1.82, 2.24) is 14.9 Å². The van der Waals surface area contributed by atoms with Gasteiger partial charge in [0.25, 0.3) is 0 Å². The standard InChI is InChI=1S/C25H25N5.C2H4O/c1-29-12-14-30(15-13-29)21-5-2-18(3-6-21)22-9-11-27-24-7-4-19(16-23(22)24)20-8-10-28-25(26)17-20;1-2-3/h2-11,16-17H,12-15H2,1H3,(H2,26,28);2H,1H3. The molecule has 0 saturated carbocycles. The largest absolute Gasteiger partial charge is 0.384 e. The smallest absolute Gasteiger partial charge is 0.123 e. The lowest BCUT2D eigenvalue weighted by Gasteiger charge is -2.34. The summed E-state index contributed by atoms with van der Waals surface area (Å²) in [6, 6.07) is 21.3. The summed E-state index contributed by atoms with van der Waals surface area (Å²) < 4.78 is 0. The zero-order valence-electron chi connectivity index (χ0n) is 19.1. The summed E-state index contributed by atoms with van der Waals surface area (Å²) in [6.45, 7) is 5.82. The molecule has 0 spiro atoms. The van der Waals surface area contributed by atoms with E-state index in [2.05, 4.69) is 75.3 Å². The average Bonchev–Trinajstić information content (AvgIpc) is 2.84. The first-order valence-electron chi connectivity index (χ1n) is 11.1. The monoisotopic (exact) mass is 439 g/mol. The minimum absolute atomic E-state index is 0.526. The van der Waals surface area contributed by atoms with Crippen LogP contribution in [-0.2, 0) is 4.79 Å². The molecule has 3 heterocycles. The Balaban J connectivity index is 0.000000821. The second-order valence-corrected chi connectivity index (χ2v) is 8.13. The Labute approximate surface area is 194 Å². The first-order valence-corrected chi connectivity index (χ1v) is 11.1. The van der Waals surface area contributed by atoms with E-state index in [1.165, 1.54) is 23.7 Å². The molecule has 4 aromatic rings. The number of piperazine rings is 1. The third-order valence-corrected chi connectivity index (χ3v) is 5.90. The van der Waals surface area contributed by atoms with Crippen LogP contribution in [0.3, 0.4) is 0 Å². The molecule has 168 valence electrons. The van der Waals surface area contributed by atoms with E-state index in [1.54, 1.807) is 6.20 Å². The number of rotatable bonds is 3. The number of anilines is 2.